The molecule has 1 heterocycles. The normalized spacial score (nSPS) is 19.5. The number of allylic oxidation sites excluding steroid dienone is 1. The summed E-state index contributed by atoms with van der Waals surface area (Å²) in [6.45, 7) is 6.85. The summed E-state index contributed by atoms with van der Waals surface area (Å²) in [5.74, 6) is -0.211. The summed E-state index contributed by atoms with van der Waals surface area (Å²) in [5, 5.41) is 0. The summed E-state index contributed by atoms with van der Waals surface area (Å²) < 4.78 is 10.6. The van der Waals surface area contributed by atoms with Crippen LogP contribution in [0.3, 0.4) is 0 Å². The third-order valence-electron chi connectivity index (χ3n) is 2.78. The van der Waals surface area contributed by atoms with Gasteiger partial charge in [0, 0.05) is 5.57 Å². The molecule has 0 aromatic carbocycles. The van der Waals surface area contributed by atoms with Gasteiger partial charge in [-0.05, 0) is 26.7 Å². The fraction of sp³-hybridized carbons (Fsp3) is 0.750. The Bertz CT molecular complexity index is 252. The molecule has 1 aliphatic rings. The van der Waals surface area contributed by atoms with Crippen molar-refractivity contribution in [3.05, 3.63) is 11.6 Å². The zero-order valence-electron chi connectivity index (χ0n) is 9.84. The average molecular weight is 212 g/mol. The molecule has 1 fully saturated rings. The van der Waals surface area contributed by atoms with Crippen molar-refractivity contribution in [3.63, 3.8) is 0 Å². The number of hydrogen-bond acceptors (Lipinski definition) is 3. The number of unbranched alkanes of at least 4 members (excludes halogenated alkanes) is 1. The van der Waals surface area contributed by atoms with Crippen molar-refractivity contribution >= 4 is 5.97 Å². The molecule has 0 bridgehead atoms. The van der Waals surface area contributed by atoms with Crippen LogP contribution in [0.4, 0.5) is 0 Å². The van der Waals surface area contributed by atoms with Crippen LogP contribution >= 0.6 is 0 Å². The van der Waals surface area contributed by atoms with E-state index >= 15 is 0 Å². The van der Waals surface area contributed by atoms with Crippen molar-refractivity contribution in [1.82, 2.24) is 0 Å². The van der Waals surface area contributed by atoms with Crippen molar-refractivity contribution in [2.45, 2.75) is 45.6 Å². The minimum absolute atomic E-state index is 0.211. The van der Waals surface area contributed by atoms with E-state index in [4.69, 9.17) is 9.47 Å². The summed E-state index contributed by atoms with van der Waals surface area (Å²) in [4.78, 5) is 11.6. The quantitative estimate of drug-likeness (QED) is 0.518. The van der Waals surface area contributed by atoms with E-state index in [1.165, 1.54) is 0 Å². The molecular formula is C12H20O3. The smallest absolute Gasteiger partial charge is 0.334 e. The molecule has 15 heavy (non-hydrogen) atoms. The molecule has 86 valence electrons. The Morgan fingerprint density at radius 2 is 2.20 bits per heavy atom. The number of carbonyl (C=O) groups excluding carboxylic acids is 1. The Kier molecular flexibility index (Phi) is 4.33. The second-order valence-electron chi connectivity index (χ2n) is 4.14. The van der Waals surface area contributed by atoms with Gasteiger partial charge in [-0.1, -0.05) is 19.4 Å². The van der Waals surface area contributed by atoms with Gasteiger partial charge in [0.1, 0.15) is 0 Å². The average Bonchev–Trinajstić information content (AvgIpc) is 2.20. The Morgan fingerprint density at radius 3 is 2.60 bits per heavy atom. The molecule has 0 aliphatic carbocycles. The molecule has 0 radical (unpaired) electrons. The Hall–Kier alpha value is -0.830. The van der Waals surface area contributed by atoms with Crippen LogP contribution in [0.15, 0.2) is 11.6 Å². The fourth-order valence-corrected chi connectivity index (χ4v) is 1.48. The SMILES string of the molecule is CC=C(C)C(=O)OC1(CCCC)COC1. The highest BCUT2D eigenvalue weighted by Crippen LogP contribution is 2.28. The summed E-state index contributed by atoms with van der Waals surface area (Å²) in [7, 11) is 0. The van der Waals surface area contributed by atoms with E-state index < -0.39 is 0 Å². The number of carbonyl (C=O) groups is 1. The van der Waals surface area contributed by atoms with Crippen LogP contribution in [0.2, 0.25) is 0 Å². The van der Waals surface area contributed by atoms with Crippen LogP contribution in [0.25, 0.3) is 0 Å². The first-order valence-electron chi connectivity index (χ1n) is 5.57. The fourth-order valence-electron chi connectivity index (χ4n) is 1.48. The lowest BCUT2D eigenvalue weighted by Crippen LogP contribution is -2.53. The van der Waals surface area contributed by atoms with Crippen molar-refractivity contribution in [1.29, 1.82) is 0 Å². The van der Waals surface area contributed by atoms with Crippen molar-refractivity contribution in [2.75, 3.05) is 13.2 Å². The standard InChI is InChI=1S/C12H20O3/c1-4-6-7-12(8-14-9-12)15-11(13)10(3)5-2/h5H,4,6-9H2,1-3H3. The summed E-state index contributed by atoms with van der Waals surface area (Å²) >= 11 is 0. The molecule has 0 N–H and O–H groups in total. The highest BCUT2D eigenvalue weighted by molar-refractivity contribution is 5.88. The van der Waals surface area contributed by atoms with Crippen LogP contribution in [-0.4, -0.2) is 24.8 Å². The molecule has 0 unspecified atom stereocenters. The summed E-state index contributed by atoms with van der Waals surface area (Å²) in [6.07, 6.45) is 4.87. The van der Waals surface area contributed by atoms with Crippen LogP contribution in [0.1, 0.15) is 40.0 Å². The number of ether oxygens (including phenoxy) is 2. The van der Waals surface area contributed by atoms with Crippen LogP contribution in [-0.2, 0) is 14.3 Å². The largest absolute Gasteiger partial charge is 0.451 e. The molecule has 1 saturated heterocycles. The van der Waals surface area contributed by atoms with Gasteiger partial charge in [0.25, 0.3) is 0 Å². The maximum atomic E-state index is 11.6. The number of hydrogen-bond donors (Lipinski definition) is 0. The van der Waals surface area contributed by atoms with E-state index in [1.54, 1.807) is 13.0 Å². The first-order chi connectivity index (χ1) is 7.13. The molecular weight excluding hydrogens is 192 g/mol. The third-order valence-corrected chi connectivity index (χ3v) is 2.78. The highest BCUT2D eigenvalue weighted by Gasteiger charge is 2.41. The predicted octanol–water partition coefficient (Wildman–Crippen LogP) is 2.46. The summed E-state index contributed by atoms with van der Waals surface area (Å²) in [6, 6.07) is 0. The molecule has 0 spiro atoms. The number of rotatable bonds is 5. The van der Waals surface area contributed by atoms with E-state index in [9.17, 15) is 4.79 Å². The molecule has 3 heteroatoms. The van der Waals surface area contributed by atoms with Crippen molar-refractivity contribution < 1.29 is 14.3 Å². The molecule has 0 amide bonds. The topological polar surface area (TPSA) is 35.5 Å². The van der Waals surface area contributed by atoms with Gasteiger partial charge in [0.15, 0.2) is 5.60 Å². The lowest BCUT2D eigenvalue weighted by molar-refractivity contribution is -0.212. The maximum Gasteiger partial charge on any atom is 0.334 e. The highest BCUT2D eigenvalue weighted by atomic mass is 16.6. The van der Waals surface area contributed by atoms with Crippen LogP contribution in [0, 0.1) is 0 Å². The predicted molar refractivity (Wildman–Crippen MR) is 58.6 cm³/mol. The van der Waals surface area contributed by atoms with Gasteiger partial charge in [0.2, 0.25) is 0 Å². The van der Waals surface area contributed by atoms with Crippen LogP contribution in [0.5, 0.6) is 0 Å². The Balaban J connectivity index is 2.49. The van der Waals surface area contributed by atoms with Gasteiger partial charge in [-0.25, -0.2) is 4.79 Å². The third kappa shape index (κ3) is 3.06. The Labute approximate surface area is 91.4 Å². The van der Waals surface area contributed by atoms with Gasteiger partial charge in [-0.3, -0.25) is 0 Å². The lowest BCUT2D eigenvalue weighted by atomic mass is 9.94. The molecule has 3 nitrogen and oxygen atoms in total. The van der Waals surface area contributed by atoms with Gasteiger partial charge in [-0.2, -0.15) is 0 Å². The molecule has 0 aromatic heterocycles. The van der Waals surface area contributed by atoms with Gasteiger partial charge in [-0.15, -0.1) is 0 Å². The zero-order valence-corrected chi connectivity index (χ0v) is 9.84. The van der Waals surface area contributed by atoms with Gasteiger partial charge < -0.3 is 9.47 Å². The van der Waals surface area contributed by atoms with E-state index in [1.807, 2.05) is 6.92 Å². The van der Waals surface area contributed by atoms with E-state index in [0.29, 0.717) is 18.8 Å². The van der Waals surface area contributed by atoms with E-state index in [-0.39, 0.29) is 11.6 Å². The zero-order chi connectivity index (χ0) is 11.3. The Morgan fingerprint density at radius 1 is 1.53 bits per heavy atom. The molecule has 1 aliphatic heterocycles. The van der Waals surface area contributed by atoms with Gasteiger partial charge >= 0.3 is 5.97 Å². The minimum atomic E-state index is -0.336. The van der Waals surface area contributed by atoms with Crippen LogP contribution < -0.4 is 0 Å². The second kappa shape index (κ2) is 5.31. The molecule has 0 aromatic rings. The van der Waals surface area contributed by atoms with Crippen molar-refractivity contribution in [2.24, 2.45) is 0 Å². The van der Waals surface area contributed by atoms with E-state index in [0.717, 1.165) is 19.3 Å². The summed E-state index contributed by atoms with van der Waals surface area (Å²) in [5.41, 5.74) is 0.329. The molecule has 0 saturated carbocycles. The van der Waals surface area contributed by atoms with Crippen molar-refractivity contribution in [3.8, 4) is 0 Å². The molecule has 0 atom stereocenters. The minimum Gasteiger partial charge on any atom is -0.451 e. The van der Waals surface area contributed by atoms with E-state index in [2.05, 4.69) is 6.92 Å². The maximum absolute atomic E-state index is 11.6. The monoisotopic (exact) mass is 212 g/mol. The lowest BCUT2D eigenvalue weighted by Gasteiger charge is -2.40. The first kappa shape index (κ1) is 12.2. The van der Waals surface area contributed by atoms with Gasteiger partial charge in [0.05, 0.1) is 13.2 Å². The number of esters is 1. The molecule has 1 rings (SSSR count). The first-order valence-corrected chi connectivity index (χ1v) is 5.57. The second-order valence-corrected chi connectivity index (χ2v) is 4.14.